The number of halogens is 1. The first-order valence-electron chi connectivity index (χ1n) is 10.9. The van der Waals surface area contributed by atoms with Gasteiger partial charge in [0.15, 0.2) is 0 Å². The van der Waals surface area contributed by atoms with Gasteiger partial charge in [-0.1, -0.05) is 18.2 Å². The Bertz CT molecular complexity index is 1390. The zero-order valence-electron chi connectivity index (χ0n) is 20.0. The first kappa shape index (κ1) is 26.4. The molecule has 10 nitrogen and oxygen atoms in total. The number of sulfonamides is 1. The molecule has 36 heavy (non-hydrogen) atoms. The van der Waals surface area contributed by atoms with E-state index < -0.39 is 15.8 Å². The minimum Gasteiger partial charge on any atom is -0.487 e. The van der Waals surface area contributed by atoms with Crippen molar-refractivity contribution in [3.05, 3.63) is 71.2 Å². The van der Waals surface area contributed by atoms with E-state index in [1.54, 1.807) is 25.2 Å². The summed E-state index contributed by atoms with van der Waals surface area (Å²) in [5, 5.41) is 14.4. The van der Waals surface area contributed by atoms with Crippen LogP contribution in [0.5, 0.6) is 5.75 Å². The minimum atomic E-state index is -3.62. The Morgan fingerprint density at radius 2 is 1.86 bits per heavy atom. The van der Waals surface area contributed by atoms with Crippen LogP contribution in [-0.2, 0) is 21.4 Å². The zero-order valence-corrected chi connectivity index (χ0v) is 20.8. The van der Waals surface area contributed by atoms with Gasteiger partial charge in [0, 0.05) is 19.5 Å². The molecule has 12 heteroatoms. The molecule has 0 spiro atoms. The van der Waals surface area contributed by atoms with Crippen LogP contribution in [0.3, 0.4) is 0 Å². The van der Waals surface area contributed by atoms with Crippen LogP contribution < -0.4 is 25.8 Å². The lowest BCUT2D eigenvalue weighted by Gasteiger charge is -2.18. The molecule has 0 bridgehead atoms. The summed E-state index contributed by atoms with van der Waals surface area (Å²) < 4.78 is 46.0. The van der Waals surface area contributed by atoms with E-state index in [1.165, 1.54) is 44.3 Å². The zero-order chi connectivity index (χ0) is 26.5. The molecule has 0 fully saturated rings. The van der Waals surface area contributed by atoms with Crippen molar-refractivity contribution in [1.29, 1.82) is 5.41 Å². The van der Waals surface area contributed by atoms with Crippen LogP contribution in [0.2, 0.25) is 0 Å². The number of nitrogens with zero attached hydrogens (tertiary/aromatic N) is 1. The third kappa shape index (κ3) is 6.27. The largest absolute Gasteiger partial charge is 0.487 e. The van der Waals surface area contributed by atoms with Crippen molar-refractivity contribution in [1.82, 2.24) is 4.98 Å². The van der Waals surface area contributed by atoms with E-state index in [9.17, 15) is 17.6 Å². The second-order valence-electron chi connectivity index (χ2n) is 7.74. The van der Waals surface area contributed by atoms with Crippen LogP contribution in [0.15, 0.2) is 48.7 Å². The average Bonchev–Trinajstić information content (AvgIpc) is 2.84. The van der Waals surface area contributed by atoms with E-state index >= 15 is 0 Å². The van der Waals surface area contributed by atoms with Gasteiger partial charge in [-0.05, 0) is 36.8 Å². The molecule has 6 N–H and O–H groups in total. The molecule has 0 atom stereocenters. The Morgan fingerprint density at radius 3 is 2.47 bits per heavy atom. The number of carbonyl (C=O) groups excluding carboxylic acids is 1. The van der Waals surface area contributed by atoms with Gasteiger partial charge >= 0.3 is 0 Å². The molecule has 0 saturated heterocycles. The maximum atomic E-state index is 13.2. The summed E-state index contributed by atoms with van der Waals surface area (Å²) in [4.78, 5) is 15.7. The lowest BCUT2D eigenvalue weighted by molar-refractivity contribution is -0.114. The quantitative estimate of drug-likeness (QED) is 0.259. The van der Waals surface area contributed by atoms with Crippen molar-refractivity contribution >= 4 is 44.5 Å². The smallest absolute Gasteiger partial charge is 0.232 e. The van der Waals surface area contributed by atoms with Crippen LogP contribution in [0.1, 0.15) is 30.5 Å². The minimum absolute atomic E-state index is 0.0292. The van der Waals surface area contributed by atoms with E-state index in [2.05, 4.69) is 20.3 Å². The maximum absolute atomic E-state index is 13.2. The fourth-order valence-corrected chi connectivity index (χ4v) is 3.98. The number of carbonyl (C=O) groups is 1. The van der Waals surface area contributed by atoms with Crippen LogP contribution >= 0.6 is 0 Å². The summed E-state index contributed by atoms with van der Waals surface area (Å²) in [5.74, 6) is -0.638. The summed E-state index contributed by atoms with van der Waals surface area (Å²) in [6.45, 7) is 2.88. The lowest BCUT2D eigenvalue weighted by Crippen LogP contribution is -2.17. The number of hydrogen-bond acceptors (Lipinski definition) is 8. The number of ether oxygens (including phenoxy) is 1. The molecular formula is C24H27FN6O4S. The second kappa shape index (κ2) is 11.0. The molecule has 0 unspecified atom stereocenters. The van der Waals surface area contributed by atoms with Crippen LogP contribution in [0, 0.1) is 11.2 Å². The van der Waals surface area contributed by atoms with Crippen molar-refractivity contribution in [3.63, 3.8) is 0 Å². The first-order valence-corrected chi connectivity index (χ1v) is 12.5. The highest BCUT2D eigenvalue weighted by molar-refractivity contribution is 7.92. The first-order chi connectivity index (χ1) is 17.0. The Hall–Kier alpha value is -4.19. The number of pyridine rings is 1. The monoisotopic (exact) mass is 514 g/mol. The van der Waals surface area contributed by atoms with Crippen molar-refractivity contribution in [2.24, 2.45) is 0 Å². The Labute approximate surface area is 208 Å². The number of aromatic nitrogens is 1. The van der Waals surface area contributed by atoms with E-state index in [-0.39, 0.29) is 46.8 Å². The highest BCUT2D eigenvalue weighted by atomic mass is 32.2. The highest BCUT2D eigenvalue weighted by Gasteiger charge is 2.21. The number of benzene rings is 2. The summed E-state index contributed by atoms with van der Waals surface area (Å²) in [7, 11) is -2.00. The molecule has 2 aromatic carbocycles. The molecule has 3 rings (SSSR count). The normalized spacial score (nSPS) is 11.0. The molecule has 190 valence electrons. The third-order valence-electron chi connectivity index (χ3n) is 5.14. The Morgan fingerprint density at radius 1 is 1.17 bits per heavy atom. The maximum Gasteiger partial charge on any atom is 0.232 e. The molecule has 0 radical (unpaired) electrons. The summed E-state index contributed by atoms with van der Waals surface area (Å²) >= 11 is 0. The van der Waals surface area contributed by atoms with Gasteiger partial charge in [0.25, 0.3) is 0 Å². The molecule has 0 aliphatic carbocycles. The number of rotatable bonds is 10. The van der Waals surface area contributed by atoms with Crippen molar-refractivity contribution < 1.29 is 22.3 Å². The summed E-state index contributed by atoms with van der Waals surface area (Å²) in [6.07, 6.45) is 1.39. The molecule has 0 aliphatic heterocycles. The number of anilines is 4. The van der Waals surface area contributed by atoms with Gasteiger partial charge in [-0.25, -0.2) is 17.8 Å². The van der Waals surface area contributed by atoms with Crippen molar-refractivity contribution in [3.8, 4) is 5.75 Å². The SMILES string of the molecule is CCS(=O)(=O)Nc1ccc(C(=N)c2c(N)ncc(NC(C)=O)c2NC)cc1OCc1ccc(F)cc1. The van der Waals surface area contributed by atoms with E-state index in [1.807, 2.05) is 0 Å². The average molecular weight is 515 g/mol. The van der Waals surface area contributed by atoms with Crippen molar-refractivity contribution in [2.75, 3.05) is 33.9 Å². The van der Waals surface area contributed by atoms with Gasteiger partial charge < -0.3 is 21.1 Å². The third-order valence-corrected chi connectivity index (χ3v) is 6.43. The van der Waals surface area contributed by atoms with E-state index in [0.29, 0.717) is 22.5 Å². The van der Waals surface area contributed by atoms with Gasteiger partial charge in [0.1, 0.15) is 24.0 Å². The summed E-state index contributed by atoms with van der Waals surface area (Å²) in [5.41, 5.74) is 8.25. The second-order valence-corrected chi connectivity index (χ2v) is 9.76. The fraction of sp³-hybridized carbons (Fsp3) is 0.208. The predicted molar refractivity (Wildman–Crippen MR) is 139 cm³/mol. The van der Waals surface area contributed by atoms with Gasteiger partial charge in [0.2, 0.25) is 15.9 Å². The number of nitrogen functional groups attached to an aromatic ring is 1. The molecular weight excluding hydrogens is 487 g/mol. The van der Waals surface area contributed by atoms with Crippen LogP contribution in [0.25, 0.3) is 0 Å². The number of nitrogens with one attached hydrogen (secondary N) is 4. The van der Waals surface area contributed by atoms with Crippen molar-refractivity contribution in [2.45, 2.75) is 20.5 Å². The number of nitrogens with two attached hydrogens (primary N) is 1. The molecule has 1 heterocycles. The number of amides is 1. The number of hydrogen-bond donors (Lipinski definition) is 5. The Balaban J connectivity index is 2.04. The molecule has 1 amide bonds. The topological polar surface area (TPSA) is 159 Å². The van der Waals surface area contributed by atoms with E-state index in [4.69, 9.17) is 15.9 Å². The lowest BCUT2D eigenvalue weighted by atomic mass is 10.00. The van der Waals surface area contributed by atoms with Gasteiger partial charge in [-0.3, -0.25) is 14.9 Å². The fourth-order valence-electron chi connectivity index (χ4n) is 3.33. The van der Waals surface area contributed by atoms with Crippen LogP contribution in [-0.4, -0.2) is 37.8 Å². The van der Waals surface area contributed by atoms with Gasteiger partial charge in [0.05, 0.1) is 40.3 Å². The van der Waals surface area contributed by atoms with Gasteiger partial charge in [-0.2, -0.15) is 0 Å². The Kier molecular flexibility index (Phi) is 8.10. The van der Waals surface area contributed by atoms with E-state index in [0.717, 1.165) is 0 Å². The standard InChI is InChI=1S/C24H27FN6O4S/c1-4-36(33,34)31-18-10-7-16(11-20(18)35-13-15-5-8-17(25)9-6-15)22(26)21-23(28-3)19(30-14(2)32)12-29-24(21)27/h5-12,26,31H,4,13H2,1-3H3,(H,30,32)(H3,27,28,29). The molecule has 1 aromatic heterocycles. The molecule has 0 saturated carbocycles. The van der Waals surface area contributed by atoms with Gasteiger partial charge in [-0.15, -0.1) is 0 Å². The summed E-state index contributed by atoms with van der Waals surface area (Å²) in [6, 6.07) is 10.2. The highest BCUT2D eigenvalue weighted by Crippen LogP contribution is 2.34. The predicted octanol–water partition coefficient (Wildman–Crippen LogP) is 3.56. The molecule has 3 aromatic rings. The molecule has 0 aliphatic rings. The van der Waals surface area contributed by atoms with Crippen LogP contribution in [0.4, 0.5) is 27.3 Å².